The summed E-state index contributed by atoms with van der Waals surface area (Å²) in [5.41, 5.74) is 7.58. The van der Waals surface area contributed by atoms with Gasteiger partial charge in [-0.15, -0.1) is 0 Å². The molecule has 2 amide bonds. The van der Waals surface area contributed by atoms with Gasteiger partial charge in [-0.2, -0.15) is 0 Å². The third-order valence-electron chi connectivity index (χ3n) is 4.13. The quantitative estimate of drug-likeness (QED) is 0.495. The fourth-order valence-corrected chi connectivity index (χ4v) is 3.34. The highest BCUT2D eigenvalue weighted by atomic mass is 32.2. The van der Waals surface area contributed by atoms with Crippen LogP contribution in [0.1, 0.15) is 35.7 Å². The normalized spacial score (nSPS) is 10.7. The van der Waals surface area contributed by atoms with Gasteiger partial charge in [-0.3, -0.25) is 25.0 Å². The van der Waals surface area contributed by atoms with Gasteiger partial charge in [0.05, 0.1) is 5.75 Å². The molecule has 6 nitrogen and oxygen atoms in total. The van der Waals surface area contributed by atoms with Gasteiger partial charge in [0.2, 0.25) is 5.91 Å². The first kappa shape index (κ1) is 19.7. The van der Waals surface area contributed by atoms with Crippen molar-refractivity contribution in [2.24, 2.45) is 0 Å². The summed E-state index contributed by atoms with van der Waals surface area (Å²) in [6, 6.07) is 17.0. The lowest BCUT2D eigenvalue weighted by Gasteiger charge is -2.10. The Morgan fingerprint density at radius 1 is 1.04 bits per heavy atom. The van der Waals surface area contributed by atoms with Crippen molar-refractivity contribution in [2.45, 2.75) is 24.9 Å². The summed E-state index contributed by atoms with van der Waals surface area (Å²) in [4.78, 5) is 28.3. The topological polar surface area (TPSA) is 76.0 Å². The van der Waals surface area contributed by atoms with Crippen molar-refractivity contribution in [3.8, 4) is 5.69 Å². The van der Waals surface area contributed by atoms with E-state index in [1.165, 1.54) is 17.3 Å². The molecule has 0 fully saturated rings. The van der Waals surface area contributed by atoms with Crippen molar-refractivity contribution < 1.29 is 9.59 Å². The third kappa shape index (κ3) is 5.01. The molecule has 2 N–H and O–H groups in total. The van der Waals surface area contributed by atoms with Crippen LogP contribution in [0.5, 0.6) is 0 Å². The Bertz CT molecular complexity index is 937. The van der Waals surface area contributed by atoms with Gasteiger partial charge in [0, 0.05) is 23.6 Å². The average Bonchev–Trinajstić information content (AvgIpc) is 3.19. The molecule has 0 spiro atoms. The van der Waals surface area contributed by atoms with Crippen LogP contribution in [0.15, 0.2) is 72.1 Å². The van der Waals surface area contributed by atoms with Gasteiger partial charge in [0.25, 0.3) is 5.91 Å². The summed E-state index contributed by atoms with van der Waals surface area (Å²) < 4.78 is 1.94. The van der Waals surface area contributed by atoms with Crippen LogP contribution in [-0.4, -0.2) is 27.1 Å². The van der Waals surface area contributed by atoms with Crippen LogP contribution in [0.25, 0.3) is 5.69 Å². The Morgan fingerprint density at radius 3 is 2.43 bits per heavy atom. The summed E-state index contributed by atoms with van der Waals surface area (Å²) in [6.07, 6.45) is 3.57. The number of hydrazine groups is 1. The fraction of sp³-hybridized carbons (Fsp3) is 0.190. The molecule has 7 heteroatoms. The Balaban J connectivity index is 1.54. The molecule has 0 radical (unpaired) electrons. The van der Waals surface area contributed by atoms with Gasteiger partial charge in [0.15, 0.2) is 5.16 Å². The van der Waals surface area contributed by atoms with Gasteiger partial charge in [0.1, 0.15) is 0 Å². The van der Waals surface area contributed by atoms with Crippen molar-refractivity contribution in [3.05, 3.63) is 78.1 Å². The third-order valence-corrected chi connectivity index (χ3v) is 5.10. The van der Waals surface area contributed by atoms with Gasteiger partial charge < -0.3 is 0 Å². The molecule has 1 heterocycles. The highest BCUT2D eigenvalue weighted by Gasteiger charge is 2.11. The molecule has 0 aliphatic rings. The summed E-state index contributed by atoms with van der Waals surface area (Å²) in [7, 11) is 0. The van der Waals surface area contributed by atoms with E-state index < -0.39 is 0 Å². The summed E-state index contributed by atoms with van der Waals surface area (Å²) in [5, 5.41) is 0.710. The number of hydrogen-bond acceptors (Lipinski definition) is 4. The number of carbonyl (C=O) groups excluding carboxylic acids is 2. The van der Waals surface area contributed by atoms with E-state index in [0.29, 0.717) is 16.6 Å². The number of imidazole rings is 1. The predicted molar refractivity (Wildman–Crippen MR) is 110 cm³/mol. The average molecular weight is 395 g/mol. The lowest BCUT2D eigenvalue weighted by Crippen LogP contribution is -2.42. The highest BCUT2D eigenvalue weighted by molar-refractivity contribution is 7.99. The van der Waals surface area contributed by atoms with Gasteiger partial charge in [-0.1, -0.05) is 55.9 Å². The molecule has 1 aromatic heterocycles. The van der Waals surface area contributed by atoms with Crippen LogP contribution < -0.4 is 10.9 Å². The van der Waals surface area contributed by atoms with Gasteiger partial charge in [-0.05, 0) is 35.7 Å². The highest BCUT2D eigenvalue weighted by Crippen LogP contribution is 2.22. The molecule has 3 aromatic rings. The van der Waals surface area contributed by atoms with Crippen LogP contribution in [-0.2, 0) is 4.79 Å². The van der Waals surface area contributed by atoms with Crippen molar-refractivity contribution in [3.63, 3.8) is 0 Å². The summed E-state index contributed by atoms with van der Waals surface area (Å²) >= 11 is 1.30. The molecule has 0 bridgehead atoms. The molecule has 0 unspecified atom stereocenters. The van der Waals surface area contributed by atoms with Crippen LogP contribution >= 0.6 is 11.8 Å². The van der Waals surface area contributed by atoms with E-state index in [9.17, 15) is 9.59 Å². The smallest absolute Gasteiger partial charge is 0.269 e. The van der Waals surface area contributed by atoms with Crippen LogP contribution in [0, 0.1) is 0 Å². The standard InChI is InChI=1S/C21H22N4O2S/c1-15(2)16-8-10-18(11-9-16)25-13-12-22-21(25)28-14-19(26)23-24-20(27)17-6-4-3-5-7-17/h3-13,15H,14H2,1-2H3,(H,23,26)(H,24,27). The molecule has 0 atom stereocenters. The molecule has 0 aliphatic carbocycles. The number of nitrogens with one attached hydrogen (secondary N) is 2. The van der Waals surface area contributed by atoms with Crippen molar-refractivity contribution in [1.29, 1.82) is 0 Å². The van der Waals surface area contributed by atoms with Crippen molar-refractivity contribution in [1.82, 2.24) is 20.4 Å². The molecule has 0 saturated carbocycles. The van der Waals surface area contributed by atoms with Gasteiger partial charge >= 0.3 is 0 Å². The maximum atomic E-state index is 12.1. The maximum absolute atomic E-state index is 12.1. The molecule has 28 heavy (non-hydrogen) atoms. The van der Waals surface area contributed by atoms with Crippen molar-refractivity contribution >= 4 is 23.6 Å². The molecule has 2 aromatic carbocycles. The predicted octanol–water partition coefficient (Wildman–Crippen LogP) is 3.55. The molecule has 144 valence electrons. The second kappa shape index (κ2) is 9.23. The lowest BCUT2D eigenvalue weighted by atomic mass is 10.0. The number of nitrogens with zero attached hydrogens (tertiary/aromatic N) is 2. The number of rotatable bonds is 6. The van der Waals surface area contributed by atoms with Crippen LogP contribution in [0.3, 0.4) is 0 Å². The zero-order chi connectivity index (χ0) is 19.9. The molecular formula is C21H22N4O2S. The first-order chi connectivity index (χ1) is 13.5. The molecule has 0 saturated heterocycles. The molecule has 3 rings (SSSR count). The maximum Gasteiger partial charge on any atom is 0.269 e. The van der Waals surface area contributed by atoms with E-state index in [2.05, 4.69) is 41.8 Å². The Labute approximate surface area is 168 Å². The lowest BCUT2D eigenvalue weighted by molar-refractivity contribution is -0.119. The fourth-order valence-electron chi connectivity index (χ4n) is 2.57. The van der Waals surface area contributed by atoms with Crippen LogP contribution in [0.4, 0.5) is 0 Å². The van der Waals surface area contributed by atoms with E-state index in [0.717, 1.165) is 5.69 Å². The minimum absolute atomic E-state index is 0.135. The largest absolute Gasteiger partial charge is 0.295 e. The van der Waals surface area contributed by atoms with E-state index in [4.69, 9.17) is 0 Å². The monoisotopic (exact) mass is 394 g/mol. The Hall–Kier alpha value is -3.06. The zero-order valence-corrected chi connectivity index (χ0v) is 16.6. The minimum Gasteiger partial charge on any atom is -0.295 e. The Morgan fingerprint density at radius 2 is 1.75 bits per heavy atom. The van der Waals surface area contributed by atoms with E-state index in [-0.39, 0.29) is 17.6 Å². The number of thioether (sulfide) groups is 1. The number of benzene rings is 2. The van der Waals surface area contributed by atoms with Gasteiger partial charge in [-0.25, -0.2) is 4.98 Å². The molecule has 0 aliphatic heterocycles. The molecular weight excluding hydrogens is 372 g/mol. The van der Waals surface area contributed by atoms with E-state index >= 15 is 0 Å². The second-order valence-electron chi connectivity index (χ2n) is 6.48. The SMILES string of the molecule is CC(C)c1ccc(-n2ccnc2SCC(=O)NNC(=O)c2ccccc2)cc1. The summed E-state index contributed by atoms with van der Waals surface area (Å²) in [6.45, 7) is 4.31. The number of carbonyl (C=O) groups is 2. The second-order valence-corrected chi connectivity index (χ2v) is 7.43. The minimum atomic E-state index is -0.356. The van der Waals surface area contributed by atoms with Crippen LogP contribution in [0.2, 0.25) is 0 Å². The van der Waals surface area contributed by atoms with E-state index in [1.807, 2.05) is 29.0 Å². The first-order valence-electron chi connectivity index (χ1n) is 8.95. The summed E-state index contributed by atoms with van der Waals surface area (Å²) in [5.74, 6) is -0.0546. The van der Waals surface area contributed by atoms with E-state index in [1.54, 1.807) is 30.5 Å². The number of aromatic nitrogens is 2. The first-order valence-corrected chi connectivity index (χ1v) is 9.94. The number of amides is 2. The Kier molecular flexibility index (Phi) is 6.49. The van der Waals surface area contributed by atoms with Crippen molar-refractivity contribution in [2.75, 3.05) is 5.75 Å². The zero-order valence-electron chi connectivity index (χ0n) is 15.8. The number of hydrogen-bond donors (Lipinski definition) is 2.